The maximum atomic E-state index is 12.5. The van der Waals surface area contributed by atoms with Crippen molar-refractivity contribution in [2.45, 2.75) is 50.3 Å². The summed E-state index contributed by atoms with van der Waals surface area (Å²) in [6.45, 7) is 1.64. The normalized spacial score (nSPS) is 18.3. The zero-order valence-electron chi connectivity index (χ0n) is 15.5. The highest BCUT2D eigenvalue weighted by molar-refractivity contribution is 7.88. The van der Waals surface area contributed by atoms with Crippen molar-refractivity contribution in [3.63, 3.8) is 0 Å². The van der Waals surface area contributed by atoms with E-state index in [1.54, 1.807) is 6.33 Å². The molecular formula is C20H26N4O2S. The van der Waals surface area contributed by atoms with Crippen LogP contribution in [0, 0.1) is 0 Å². The molecule has 0 bridgehead atoms. The van der Waals surface area contributed by atoms with Gasteiger partial charge in [0, 0.05) is 30.4 Å². The average Bonchev–Trinajstić information content (AvgIpc) is 2.68. The molecule has 7 heteroatoms. The van der Waals surface area contributed by atoms with Crippen LogP contribution < -0.4 is 9.62 Å². The standard InChI is InChI=1S/C20H26N4O2S/c25-27(26,14-16-6-2-1-3-7-16)23-17-10-12-24(13-11-17)20-18-8-4-5-9-19(18)21-15-22-20/h1-3,6-7,15,17,23H,4-5,8-14H2. The van der Waals surface area contributed by atoms with Crippen LogP contribution in [0.3, 0.4) is 0 Å². The number of nitrogens with zero attached hydrogens (tertiary/aromatic N) is 3. The van der Waals surface area contributed by atoms with Gasteiger partial charge >= 0.3 is 0 Å². The number of aromatic nitrogens is 2. The van der Waals surface area contributed by atoms with Crippen LogP contribution in [0.2, 0.25) is 0 Å². The highest BCUT2D eigenvalue weighted by Crippen LogP contribution is 2.29. The number of nitrogens with one attached hydrogen (secondary N) is 1. The summed E-state index contributed by atoms with van der Waals surface area (Å²) in [6, 6.07) is 9.32. The van der Waals surface area contributed by atoms with Gasteiger partial charge in [-0.05, 0) is 44.1 Å². The largest absolute Gasteiger partial charge is 0.356 e. The van der Waals surface area contributed by atoms with E-state index >= 15 is 0 Å². The van der Waals surface area contributed by atoms with Crippen LogP contribution in [0.4, 0.5) is 5.82 Å². The Hall–Kier alpha value is -1.99. The van der Waals surface area contributed by atoms with Crippen LogP contribution in [-0.2, 0) is 28.6 Å². The van der Waals surface area contributed by atoms with E-state index in [9.17, 15) is 8.42 Å². The van der Waals surface area contributed by atoms with Gasteiger partial charge in [-0.15, -0.1) is 0 Å². The van der Waals surface area contributed by atoms with Crippen LogP contribution in [-0.4, -0.2) is 37.5 Å². The lowest BCUT2D eigenvalue weighted by Gasteiger charge is -2.34. The van der Waals surface area contributed by atoms with Crippen molar-refractivity contribution < 1.29 is 8.42 Å². The van der Waals surface area contributed by atoms with Gasteiger partial charge in [-0.3, -0.25) is 0 Å². The van der Waals surface area contributed by atoms with Gasteiger partial charge in [-0.2, -0.15) is 0 Å². The lowest BCUT2D eigenvalue weighted by atomic mass is 9.95. The number of benzene rings is 1. The highest BCUT2D eigenvalue weighted by atomic mass is 32.2. The molecule has 2 aromatic rings. The van der Waals surface area contributed by atoms with Gasteiger partial charge in [0.05, 0.1) is 5.75 Å². The van der Waals surface area contributed by atoms with E-state index in [2.05, 4.69) is 19.6 Å². The van der Waals surface area contributed by atoms with Gasteiger partial charge in [0.1, 0.15) is 12.1 Å². The molecule has 1 fully saturated rings. The summed E-state index contributed by atoms with van der Waals surface area (Å²) in [5, 5.41) is 0. The molecule has 0 unspecified atom stereocenters. The van der Waals surface area contributed by atoms with E-state index in [0.717, 1.165) is 50.2 Å². The molecule has 2 aliphatic rings. The predicted octanol–water partition coefficient (Wildman–Crippen LogP) is 2.44. The highest BCUT2D eigenvalue weighted by Gasteiger charge is 2.26. The molecule has 0 radical (unpaired) electrons. The smallest absolute Gasteiger partial charge is 0.216 e. The molecule has 27 heavy (non-hydrogen) atoms. The Morgan fingerprint density at radius 3 is 2.56 bits per heavy atom. The zero-order chi connectivity index (χ0) is 18.7. The predicted molar refractivity (Wildman–Crippen MR) is 106 cm³/mol. The monoisotopic (exact) mass is 386 g/mol. The van der Waals surface area contributed by atoms with Crippen molar-refractivity contribution >= 4 is 15.8 Å². The SMILES string of the molecule is O=S(=O)(Cc1ccccc1)NC1CCN(c2ncnc3c2CCCC3)CC1. The fraction of sp³-hybridized carbons (Fsp3) is 0.500. The number of piperidine rings is 1. The molecule has 0 atom stereocenters. The third-order valence-electron chi connectivity index (χ3n) is 5.44. The first-order valence-electron chi connectivity index (χ1n) is 9.72. The van der Waals surface area contributed by atoms with Crippen molar-refractivity contribution in [2.24, 2.45) is 0 Å². The number of rotatable bonds is 5. The summed E-state index contributed by atoms with van der Waals surface area (Å²) in [7, 11) is -3.32. The molecule has 144 valence electrons. The third kappa shape index (κ3) is 4.47. The van der Waals surface area contributed by atoms with Crippen molar-refractivity contribution in [2.75, 3.05) is 18.0 Å². The summed E-state index contributed by atoms with van der Waals surface area (Å²) < 4.78 is 27.8. The van der Waals surface area contributed by atoms with E-state index in [1.807, 2.05) is 30.3 Å². The second-order valence-corrected chi connectivity index (χ2v) is 9.21. The zero-order valence-corrected chi connectivity index (χ0v) is 16.3. The van der Waals surface area contributed by atoms with Crippen LogP contribution in [0.15, 0.2) is 36.7 Å². The number of hydrogen-bond donors (Lipinski definition) is 1. The first kappa shape index (κ1) is 18.4. The molecule has 6 nitrogen and oxygen atoms in total. The first-order chi connectivity index (χ1) is 13.1. The number of hydrogen-bond acceptors (Lipinski definition) is 5. The lowest BCUT2D eigenvalue weighted by Crippen LogP contribution is -2.45. The molecule has 0 saturated carbocycles. The summed E-state index contributed by atoms with van der Waals surface area (Å²) in [5.41, 5.74) is 3.30. The van der Waals surface area contributed by atoms with Gasteiger partial charge in [-0.25, -0.2) is 23.1 Å². The third-order valence-corrected chi connectivity index (χ3v) is 6.85. The fourth-order valence-electron chi connectivity index (χ4n) is 4.07. The van der Waals surface area contributed by atoms with E-state index in [4.69, 9.17) is 0 Å². The van der Waals surface area contributed by atoms with Crippen LogP contribution in [0.1, 0.15) is 42.5 Å². The molecule has 0 spiro atoms. The van der Waals surface area contributed by atoms with Gasteiger partial charge in [0.2, 0.25) is 10.0 Å². The molecular weight excluding hydrogens is 360 g/mol. The van der Waals surface area contributed by atoms with Crippen LogP contribution in [0.25, 0.3) is 0 Å². The minimum absolute atomic E-state index is 0.00683. The van der Waals surface area contributed by atoms with E-state index < -0.39 is 10.0 Å². The molecule has 1 saturated heterocycles. The molecule has 1 aromatic carbocycles. The number of aryl methyl sites for hydroxylation is 1. The summed E-state index contributed by atoms with van der Waals surface area (Å²) in [5.74, 6) is 1.10. The summed E-state index contributed by atoms with van der Waals surface area (Å²) >= 11 is 0. The van der Waals surface area contributed by atoms with Gasteiger partial charge in [0.15, 0.2) is 0 Å². The van der Waals surface area contributed by atoms with Gasteiger partial charge in [0.25, 0.3) is 0 Å². The fourth-order valence-corrected chi connectivity index (χ4v) is 5.53. The Morgan fingerprint density at radius 2 is 1.78 bits per heavy atom. The Bertz CT molecular complexity index is 878. The van der Waals surface area contributed by atoms with Crippen LogP contribution in [0.5, 0.6) is 0 Å². The lowest BCUT2D eigenvalue weighted by molar-refractivity contribution is 0.456. The molecule has 1 aromatic heterocycles. The van der Waals surface area contributed by atoms with Gasteiger partial charge in [-0.1, -0.05) is 30.3 Å². The molecule has 1 N–H and O–H groups in total. The Morgan fingerprint density at radius 1 is 1.04 bits per heavy atom. The average molecular weight is 387 g/mol. The number of anilines is 1. The second kappa shape index (κ2) is 7.94. The topological polar surface area (TPSA) is 75.2 Å². The Kier molecular flexibility index (Phi) is 5.41. The van der Waals surface area contributed by atoms with E-state index in [0.29, 0.717) is 0 Å². The van der Waals surface area contributed by atoms with E-state index in [-0.39, 0.29) is 11.8 Å². The number of fused-ring (bicyclic) bond motifs is 1. The van der Waals surface area contributed by atoms with Crippen molar-refractivity contribution in [3.8, 4) is 0 Å². The molecule has 2 heterocycles. The molecule has 4 rings (SSSR count). The summed E-state index contributed by atoms with van der Waals surface area (Å²) in [6.07, 6.45) is 7.77. The quantitative estimate of drug-likeness (QED) is 0.854. The van der Waals surface area contributed by atoms with Crippen molar-refractivity contribution in [1.29, 1.82) is 0 Å². The Balaban J connectivity index is 1.37. The Labute approximate surface area is 161 Å². The summed E-state index contributed by atoms with van der Waals surface area (Å²) in [4.78, 5) is 11.3. The number of sulfonamides is 1. The molecule has 0 amide bonds. The van der Waals surface area contributed by atoms with Crippen molar-refractivity contribution in [1.82, 2.24) is 14.7 Å². The van der Waals surface area contributed by atoms with Crippen molar-refractivity contribution in [3.05, 3.63) is 53.5 Å². The van der Waals surface area contributed by atoms with Gasteiger partial charge < -0.3 is 4.90 Å². The molecule has 1 aliphatic heterocycles. The van der Waals surface area contributed by atoms with Crippen LogP contribution >= 0.6 is 0 Å². The van der Waals surface area contributed by atoms with E-state index in [1.165, 1.54) is 24.1 Å². The minimum Gasteiger partial charge on any atom is -0.356 e. The maximum Gasteiger partial charge on any atom is 0.216 e. The first-order valence-corrected chi connectivity index (χ1v) is 11.4. The molecule has 1 aliphatic carbocycles. The minimum atomic E-state index is -3.32. The second-order valence-electron chi connectivity index (χ2n) is 7.45. The maximum absolute atomic E-state index is 12.5.